The van der Waals surface area contributed by atoms with Crippen LogP contribution in [0.25, 0.3) is 0 Å². The topological polar surface area (TPSA) is 0 Å². The normalized spacial score (nSPS) is 12.0. The van der Waals surface area contributed by atoms with Gasteiger partial charge in [-0.25, -0.2) is 0 Å². The molecule has 8 heavy (non-hydrogen) atoms. The van der Waals surface area contributed by atoms with Gasteiger partial charge in [-0.05, 0) is 0 Å². The van der Waals surface area contributed by atoms with Gasteiger partial charge < -0.3 is 0 Å². The molecule has 0 N–H and O–H groups in total. The molecule has 0 aliphatic rings. The molecule has 0 spiro atoms. The van der Waals surface area contributed by atoms with Crippen LogP contribution in [-0.2, 0) is 0 Å². The van der Waals surface area contributed by atoms with Gasteiger partial charge in [0.1, 0.15) is 0 Å². The maximum absolute atomic E-state index is 3.79. The molecule has 0 aliphatic heterocycles. The first-order valence-electron chi connectivity index (χ1n) is 3.25. The monoisotopic (exact) mass is 286 g/mol. The van der Waals surface area contributed by atoms with Gasteiger partial charge in [0.25, 0.3) is 0 Å². The number of rotatable bonds is 3. The molecule has 50 valence electrons. The molecule has 0 heterocycles. The Hall–Kier alpha value is 1.28. The van der Waals surface area contributed by atoms with Crippen LogP contribution in [0.1, 0.15) is 19.8 Å². The van der Waals surface area contributed by atoms with Crippen molar-refractivity contribution in [2.75, 3.05) is 0 Å². The fourth-order valence-electron chi connectivity index (χ4n) is 0.597. The fourth-order valence-corrected chi connectivity index (χ4v) is 5.89. The molecule has 0 fully saturated rings. The summed E-state index contributed by atoms with van der Waals surface area (Å²) in [6.45, 7) is 2.25. The summed E-state index contributed by atoms with van der Waals surface area (Å²) < 4.78 is 1.49. The van der Waals surface area contributed by atoms with Crippen LogP contribution in [0.4, 0.5) is 0 Å². The summed E-state index contributed by atoms with van der Waals surface area (Å²) in [4.78, 5) is 4.84. The van der Waals surface area contributed by atoms with E-state index in [0.717, 1.165) is 0 Å². The molecule has 0 rings (SSSR count). The van der Waals surface area contributed by atoms with Crippen LogP contribution < -0.4 is 0 Å². The Morgan fingerprint density at radius 1 is 1.38 bits per heavy atom. The molecule has 0 nitrogen and oxygen atoms in total. The first kappa shape index (κ1) is 9.28. The van der Waals surface area contributed by atoms with Gasteiger partial charge in [0.05, 0.1) is 0 Å². The van der Waals surface area contributed by atoms with Gasteiger partial charge in [-0.2, -0.15) is 0 Å². The summed E-state index contributed by atoms with van der Waals surface area (Å²) in [5.41, 5.74) is 0. The quantitative estimate of drug-likeness (QED) is 0.698. The molecule has 0 saturated carbocycles. The predicted octanol–water partition coefficient (Wildman–Crippen LogP) is 3.39. The Balaban J connectivity index is 3.11. The van der Waals surface area contributed by atoms with Crippen molar-refractivity contribution >= 4 is 28.9 Å². The Morgan fingerprint density at radius 2 is 1.88 bits per heavy atom. The molecule has 0 saturated heterocycles. The second kappa shape index (κ2) is 4.15. The van der Waals surface area contributed by atoms with Gasteiger partial charge in [0, 0.05) is 0 Å². The minimum atomic E-state index is -1.50. The zero-order chi connectivity index (χ0) is 6.62. The molecule has 0 atom stereocenters. The first-order chi connectivity index (χ1) is 3.56. The average Bonchev–Trinajstić information content (AvgIpc) is 1.59. The Morgan fingerprint density at radius 3 is 2.00 bits per heavy atom. The molecule has 0 unspecified atom stereocenters. The van der Waals surface area contributed by atoms with Crippen LogP contribution in [0, 0.1) is 0 Å². The van der Waals surface area contributed by atoms with Gasteiger partial charge >= 0.3 is 62.9 Å². The third-order valence-corrected chi connectivity index (χ3v) is 8.19. The van der Waals surface area contributed by atoms with Crippen molar-refractivity contribution < 1.29 is 0 Å². The molecule has 0 aromatic heterocycles. The summed E-state index contributed by atoms with van der Waals surface area (Å²) in [6.07, 6.45) is 2.78. The van der Waals surface area contributed by atoms with E-state index in [9.17, 15) is 0 Å². The number of hydrogen-bond acceptors (Lipinski definition) is 0. The van der Waals surface area contributed by atoms with Crippen LogP contribution in [0.5, 0.6) is 0 Å². The third kappa shape index (κ3) is 7.28. The summed E-state index contributed by atoms with van der Waals surface area (Å²) in [5.74, 6) is 0. The molecular formula is C6H15BrSn. The van der Waals surface area contributed by atoms with Crippen LogP contribution in [0.3, 0.4) is 0 Å². The van der Waals surface area contributed by atoms with E-state index >= 15 is 0 Å². The Bertz CT molecular complexity index is 56.0. The maximum atomic E-state index is 3.79. The van der Waals surface area contributed by atoms with E-state index in [4.69, 9.17) is 0 Å². The van der Waals surface area contributed by atoms with Crippen molar-refractivity contribution in [3.63, 3.8) is 0 Å². The standard InChI is InChI=1S/C4H9.2CH3.BrH.Sn/c1-3-4-2;;;;/h1,3-4H2,2H3;2*1H3;1H;/q;;;;+1/p-1. The molecule has 2 heteroatoms. The van der Waals surface area contributed by atoms with Crippen molar-refractivity contribution in [1.82, 2.24) is 0 Å². The van der Waals surface area contributed by atoms with E-state index in [-0.39, 0.29) is 0 Å². The van der Waals surface area contributed by atoms with Gasteiger partial charge in [-0.3, -0.25) is 0 Å². The van der Waals surface area contributed by atoms with Crippen molar-refractivity contribution in [3.05, 3.63) is 0 Å². The van der Waals surface area contributed by atoms with E-state index in [1.807, 2.05) is 0 Å². The van der Waals surface area contributed by atoms with Gasteiger partial charge in [-0.15, -0.1) is 0 Å². The number of unbranched alkanes of at least 4 members (excludes halogenated alkanes) is 1. The summed E-state index contributed by atoms with van der Waals surface area (Å²) >= 11 is 2.29. The van der Waals surface area contributed by atoms with Crippen LogP contribution in [0.2, 0.25) is 14.3 Å². The number of halogens is 1. The zero-order valence-corrected chi connectivity index (χ0v) is 10.4. The number of hydrogen-bond donors (Lipinski definition) is 0. The molecule has 0 amide bonds. The van der Waals surface area contributed by atoms with Crippen LogP contribution in [0.15, 0.2) is 0 Å². The molecule has 0 bridgehead atoms. The first-order valence-corrected chi connectivity index (χ1v) is 17.4. The summed E-state index contributed by atoms with van der Waals surface area (Å²) in [6, 6.07) is 0. The molecule has 0 radical (unpaired) electrons. The van der Waals surface area contributed by atoms with Crippen molar-refractivity contribution in [2.24, 2.45) is 0 Å². The second-order valence-electron chi connectivity index (χ2n) is 2.82. The molecule has 0 aliphatic carbocycles. The van der Waals surface area contributed by atoms with Gasteiger partial charge in [0.2, 0.25) is 0 Å². The Kier molecular flexibility index (Phi) is 4.81. The third-order valence-electron chi connectivity index (χ3n) is 1.12. The Labute approximate surface area is 62.7 Å². The van der Waals surface area contributed by atoms with Gasteiger partial charge in [-0.1, -0.05) is 0 Å². The van der Waals surface area contributed by atoms with E-state index in [1.165, 1.54) is 17.3 Å². The van der Waals surface area contributed by atoms with E-state index < -0.39 is 16.2 Å². The summed E-state index contributed by atoms with van der Waals surface area (Å²) in [5, 5.41) is 0. The average molecular weight is 286 g/mol. The van der Waals surface area contributed by atoms with Crippen LogP contribution in [-0.4, -0.2) is 16.2 Å². The minimum absolute atomic E-state index is 1.35. The van der Waals surface area contributed by atoms with E-state index in [0.29, 0.717) is 0 Å². The zero-order valence-electron chi connectivity index (χ0n) is 6.00. The molecule has 0 aromatic rings. The van der Waals surface area contributed by atoms with Gasteiger partial charge in [0.15, 0.2) is 0 Å². The predicted molar refractivity (Wildman–Crippen MR) is 46.1 cm³/mol. The summed E-state index contributed by atoms with van der Waals surface area (Å²) in [7, 11) is 0. The van der Waals surface area contributed by atoms with Crippen LogP contribution >= 0.6 is 12.7 Å². The van der Waals surface area contributed by atoms with E-state index in [1.54, 1.807) is 0 Å². The van der Waals surface area contributed by atoms with Crippen molar-refractivity contribution in [2.45, 2.75) is 34.1 Å². The second-order valence-corrected chi connectivity index (χ2v) is 28.5. The van der Waals surface area contributed by atoms with Crippen molar-refractivity contribution in [1.29, 1.82) is 0 Å². The molecular weight excluding hydrogens is 271 g/mol. The van der Waals surface area contributed by atoms with E-state index in [2.05, 4.69) is 29.5 Å². The fraction of sp³-hybridized carbons (Fsp3) is 1.00. The SMILES string of the molecule is CCC[CH2][Sn]([CH3])([CH3])[Br]. The van der Waals surface area contributed by atoms with Crippen molar-refractivity contribution in [3.8, 4) is 0 Å². The molecule has 0 aromatic carbocycles.